The molecule has 0 spiro atoms. The first-order valence-corrected chi connectivity index (χ1v) is 8.48. The van der Waals surface area contributed by atoms with Gasteiger partial charge in [0, 0.05) is 11.3 Å². The summed E-state index contributed by atoms with van der Waals surface area (Å²) in [5.74, 6) is 0.883. The van der Waals surface area contributed by atoms with Crippen molar-refractivity contribution < 1.29 is 4.79 Å². The number of carbonyl (C=O) groups is 1. The summed E-state index contributed by atoms with van der Waals surface area (Å²) < 4.78 is 0. The van der Waals surface area contributed by atoms with Crippen LogP contribution in [0.3, 0.4) is 0 Å². The molecule has 2 aromatic carbocycles. The Balaban J connectivity index is 1.66. The molecule has 4 rings (SSSR count). The number of H-pyrrole nitrogens is 1. The lowest BCUT2D eigenvalue weighted by Gasteiger charge is -2.23. The number of benzene rings is 2. The van der Waals surface area contributed by atoms with Gasteiger partial charge in [0.05, 0.1) is 5.52 Å². The normalized spacial score (nSPS) is 14.6. The van der Waals surface area contributed by atoms with Crippen molar-refractivity contribution in [1.29, 1.82) is 0 Å². The molecule has 3 aromatic rings. The molecular formula is C20H21N3O. The van der Waals surface area contributed by atoms with Gasteiger partial charge in [-0.2, -0.15) is 5.10 Å². The van der Waals surface area contributed by atoms with Crippen LogP contribution < -0.4 is 5.32 Å². The van der Waals surface area contributed by atoms with E-state index in [0.717, 1.165) is 35.7 Å². The van der Waals surface area contributed by atoms with E-state index in [4.69, 9.17) is 0 Å². The van der Waals surface area contributed by atoms with E-state index in [1.54, 1.807) is 0 Å². The molecule has 4 heteroatoms. The van der Waals surface area contributed by atoms with Crippen LogP contribution in [-0.2, 0) is 4.79 Å². The maximum Gasteiger partial charge on any atom is 0.228 e. The number of hydrogen-bond donors (Lipinski definition) is 2. The van der Waals surface area contributed by atoms with Crippen molar-refractivity contribution in [3.05, 3.63) is 47.5 Å². The fraction of sp³-hybridized carbons (Fsp3) is 0.300. The SMILES string of the molecule is Cc1cc(C)cc(-c2ccc3c(NC(=O)C4CCC4)n[nH]c3c2)c1. The Morgan fingerprint density at radius 2 is 1.83 bits per heavy atom. The third-order valence-electron chi connectivity index (χ3n) is 4.84. The van der Waals surface area contributed by atoms with Crippen molar-refractivity contribution in [3.8, 4) is 11.1 Å². The number of amides is 1. The molecule has 0 aliphatic heterocycles. The lowest BCUT2D eigenvalue weighted by Crippen LogP contribution is -2.28. The molecule has 1 aromatic heterocycles. The Labute approximate surface area is 141 Å². The van der Waals surface area contributed by atoms with Crippen molar-refractivity contribution in [3.63, 3.8) is 0 Å². The van der Waals surface area contributed by atoms with Gasteiger partial charge in [0.2, 0.25) is 5.91 Å². The van der Waals surface area contributed by atoms with E-state index in [-0.39, 0.29) is 11.8 Å². The molecule has 1 heterocycles. The molecular weight excluding hydrogens is 298 g/mol. The third-order valence-corrected chi connectivity index (χ3v) is 4.84. The number of fused-ring (bicyclic) bond motifs is 1. The van der Waals surface area contributed by atoms with Crippen LogP contribution in [-0.4, -0.2) is 16.1 Å². The zero-order chi connectivity index (χ0) is 16.7. The highest BCUT2D eigenvalue weighted by Gasteiger charge is 2.26. The van der Waals surface area contributed by atoms with E-state index in [1.165, 1.54) is 16.7 Å². The minimum Gasteiger partial charge on any atom is -0.308 e. The predicted octanol–water partition coefficient (Wildman–Crippen LogP) is 4.59. The van der Waals surface area contributed by atoms with Gasteiger partial charge in [0.1, 0.15) is 0 Å². The zero-order valence-electron chi connectivity index (χ0n) is 14.0. The van der Waals surface area contributed by atoms with Gasteiger partial charge in [-0.05, 0) is 49.9 Å². The number of carbonyl (C=O) groups excluding carboxylic acids is 1. The molecule has 1 aliphatic rings. The predicted molar refractivity (Wildman–Crippen MR) is 97.0 cm³/mol. The lowest BCUT2D eigenvalue weighted by molar-refractivity contribution is -0.122. The van der Waals surface area contributed by atoms with Crippen LogP contribution in [0.2, 0.25) is 0 Å². The average molecular weight is 319 g/mol. The smallest absolute Gasteiger partial charge is 0.228 e. The van der Waals surface area contributed by atoms with Crippen molar-refractivity contribution in [2.24, 2.45) is 5.92 Å². The summed E-state index contributed by atoms with van der Waals surface area (Å²) in [5.41, 5.74) is 5.79. The Bertz CT molecular complexity index is 902. The summed E-state index contributed by atoms with van der Waals surface area (Å²) in [6.07, 6.45) is 3.13. The van der Waals surface area contributed by atoms with Crippen molar-refractivity contribution in [1.82, 2.24) is 10.2 Å². The van der Waals surface area contributed by atoms with Crippen molar-refractivity contribution in [2.45, 2.75) is 33.1 Å². The molecule has 0 unspecified atom stereocenters. The van der Waals surface area contributed by atoms with Gasteiger partial charge in [0.25, 0.3) is 0 Å². The van der Waals surface area contributed by atoms with Crippen LogP contribution >= 0.6 is 0 Å². The number of anilines is 1. The first kappa shape index (κ1) is 14.9. The number of aryl methyl sites for hydroxylation is 2. The molecule has 1 saturated carbocycles. The highest BCUT2D eigenvalue weighted by atomic mass is 16.2. The Hall–Kier alpha value is -2.62. The average Bonchev–Trinajstić information content (AvgIpc) is 2.86. The third kappa shape index (κ3) is 2.68. The van der Waals surface area contributed by atoms with Crippen LogP contribution in [0.5, 0.6) is 0 Å². The fourth-order valence-electron chi connectivity index (χ4n) is 3.32. The summed E-state index contributed by atoms with van der Waals surface area (Å²) in [4.78, 5) is 12.1. The molecule has 2 N–H and O–H groups in total. The first-order valence-electron chi connectivity index (χ1n) is 8.48. The standard InChI is InChI=1S/C20H21N3O/c1-12-8-13(2)10-16(9-12)15-6-7-17-18(11-15)22-23-19(17)21-20(24)14-4-3-5-14/h6-11,14H,3-5H2,1-2H3,(H2,21,22,23,24). The summed E-state index contributed by atoms with van der Waals surface area (Å²) in [6, 6.07) is 12.8. The molecule has 1 aliphatic carbocycles. The summed E-state index contributed by atoms with van der Waals surface area (Å²) >= 11 is 0. The minimum atomic E-state index is 0.0908. The molecule has 24 heavy (non-hydrogen) atoms. The van der Waals surface area contributed by atoms with Gasteiger partial charge < -0.3 is 5.32 Å². The van der Waals surface area contributed by atoms with Gasteiger partial charge >= 0.3 is 0 Å². The molecule has 4 nitrogen and oxygen atoms in total. The molecule has 122 valence electrons. The van der Waals surface area contributed by atoms with Crippen LogP contribution in [0.4, 0.5) is 5.82 Å². The summed E-state index contributed by atoms with van der Waals surface area (Å²) in [5, 5.41) is 11.2. The number of nitrogens with zero attached hydrogens (tertiary/aromatic N) is 1. The Kier molecular flexibility index (Phi) is 3.60. The summed E-state index contributed by atoms with van der Waals surface area (Å²) in [6.45, 7) is 4.22. The molecule has 1 fully saturated rings. The van der Waals surface area contributed by atoms with Gasteiger partial charge in [-0.1, -0.05) is 41.8 Å². The Morgan fingerprint density at radius 1 is 1.08 bits per heavy atom. The van der Waals surface area contributed by atoms with Crippen LogP contribution in [0, 0.1) is 19.8 Å². The monoisotopic (exact) mass is 319 g/mol. The maximum absolute atomic E-state index is 12.1. The van der Waals surface area contributed by atoms with Gasteiger partial charge in [-0.15, -0.1) is 0 Å². The van der Waals surface area contributed by atoms with Crippen LogP contribution in [0.1, 0.15) is 30.4 Å². The number of nitrogens with one attached hydrogen (secondary N) is 2. The highest BCUT2D eigenvalue weighted by Crippen LogP contribution is 2.30. The van der Waals surface area contributed by atoms with E-state index >= 15 is 0 Å². The van der Waals surface area contributed by atoms with Gasteiger partial charge in [-0.25, -0.2) is 0 Å². The number of aromatic nitrogens is 2. The van der Waals surface area contributed by atoms with Gasteiger partial charge in [-0.3, -0.25) is 9.89 Å². The number of aromatic amines is 1. The Morgan fingerprint density at radius 3 is 2.50 bits per heavy atom. The molecule has 0 radical (unpaired) electrons. The zero-order valence-corrected chi connectivity index (χ0v) is 14.0. The van der Waals surface area contributed by atoms with Gasteiger partial charge in [0.15, 0.2) is 5.82 Å². The quantitative estimate of drug-likeness (QED) is 0.742. The molecule has 0 bridgehead atoms. The lowest BCUT2D eigenvalue weighted by atomic mass is 9.85. The van der Waals surface area contributed by atoms with Crippen molar-refractivity contribution in [2.75, 3.05) is 5.32 Å². The van der Waals surface area contributed by atoms with Crippen LogP contribution in [0.25, 0.3) is 22.0 Å². The van der Waals surface area contributed by atoms with E-state index < -0.39 is 0 Å². The van der Waals surface area contributed by atoms with E-state index in [1.807, 2.05) is 6.07 Å². The van der Waals surface area contributed by atoms with E-state index in [2.05, 4.69) is 59.7 Å². The fourth-order valence-corrected chi connectivity index (χ4v) is 3.32. The largest absolute Gasteiger partial charge is 0.308 e. The molecule has 1 amide bonds. The number of rotatable bonds is 3. The second kappa shape index (κ2) is 5.78. The van der Waals surface area contributed by atoms with Crippen molar-refractivity contribution >= 4 is 22.6 Å². The summed E-state index contributed by atoms with van der Waals surface area (Å²) in [7, 11) is 0. The molecule has 0 saturated heterocycles. The minimum absolute atomic E-state index is 0.0908. The maximum atomic E-state index is 12.1. The highest BCUT2D eigenvalue weighted by molar-refractivity contribution is 6.01. The molecule has 0 atom stereocenters. The second-order valence-corrected chi connectivity index (χ2v) is 6.83. The van der Waals surface area contributed by atoms with E-state index in [9.17, 15) is 4.79 Å². The topological polar surface area (TPSA) is 57.8 Å². The number of hydrogen-bond acceptors (Lipinski definition) is 2. The van der Waals surface area contributed by atoms with E-state index in [0.29, 0.717) is 5.82 Å². The van der Waals surface area contributed by atoms with Crippen LogP contribution in [0.15, 0.2) is 36.4 Å². The first-order chi connectivity index (χ1) is 11.6. The second-order valence-electron chi connectivity index (χ2n) is 6.83.